The van der Waals surface area contributed by atoms with Crippen molar-refractivity contribution in [1.82, 2.24) is 0 Å². The van der Waals surface area contributed by atoms with E-state index in [9.17, 15) is 28.7 Å². The van der Waals surface area contributed by atoms with Gasteiger partial charge in [-0.25, -0.2) is 8.42 Å². The number of non-ortho nitro benzene ring substituents is 1. The number of aliphatic hydroxyl groups excluding tert-OH is 2. The van der Waals surface area contributed by atoms with Gasteiger partial charge in [0.1, 0.15) is 23.6 Å². The Bertz CT molecular complexity index is 1440. The molecule has 1 aliphatic heterocycles. The molecular weight excluding hydrogens is 508 g/mol. The monoisotopic (exact) mass is 540 g/mol. The lowest BCUT2D eigenvalue weighted by molar-refractivity contribution is -0.384. The maximum atomic E-state index is 13.8. The van der Waals surface area contributed by atoms with Crippen molar-refractivity contribution >= 4 is 21.4 Å². The summed E-state index contributed by atoms with van der Waals surface area (Å²) in [5, 5.41) is 32.3. The van der Waals surface area contributed by atoms with Crippen LogP contribution in [0, 0.1) is 10.1 Å². The standard InChI is InChI=1S/C28H32N2O7S/c1-27(2,3)19-7-9-20(10-8-19)29(38(35,36)22-13-11-21(12-14-22)30(33)34)17-18-6-15-24-23(16-18)25(31)26(32)28(4,5)37-24/h6-16,25-26,31-32H,17H2,1-5H3/t25-,26+/m0/s1. The van der Waals surface area contributed by atoms with Crippen LogP contribution in [0.1, 0.15) is 57.4 Å². The molecule has 0 unspecified atom stereocenters. The maximum Gasteiger partial charge on any atom is 0.269 e. The van der Waals surface area contributed by atoms with E-state index in [1.54, 1.807) is 44.2 Å². The van der Waals surface area contributed by atoms with Gasteiger partial charge in [0.25, 0.3) is 15.7 Å². The van der Waals surface area contributed by atoms with Crippen LogP contribution < -0.4 is 9.04 Å². The van der Waals surface area contributed by atoms with Gasteiger partial charge in [-0.05, 0) is 66.8 Å². The van der Waals surface area contributed by atoms with Crippen LogP contribution in [-0.4, -0.2) is 35.3 Å². The number of ether oxygens (including phenoxy) is 1. The number of fused-ring (bicyclic) bond motifs is 1. The lowest BCUT2D eigenvalue weighted by Crippen LogP contribution is -2.48. The molecule has 0 aliphatic carbocycles. The summed E-state index contributed by atoms with van der Waals surface area (Å²) in [6.45, 7) is 9.44. The van der Waals surface area contributed by atoms with E-state index in [1.165, 1.54) is 16.4 Å². The first-order valence-corrected chi connectivity index (χ1v) is 13.6. The van der Waals surface area contributed by atoms with E-state index >= 15 is 0 Å². The van der Waals surface area contributed by atoms with E-state index in [4.69, 9.17) is 4.74 Å². The second kappa shape index (κ2) is 9.68. The van der Waals surface area contributed by atoms with Gasteiger partial charge in [0.05, 0.1) is 22.1 Å². The summed E-state index contributed by atoms with van der Waals surface area (Å²) in [5.74, 6) is 0.413. The highest BCUT2D eigenvalue weighted by Crippen LogP contribution is 2.40. The van der Waals surface area contributed by atoms with Crippen LogP contribution in [0.15, 0.2) is 71.6 Å². The minimum absolute atomic E-state index is 0.0896. The van der Waals surface area contributed by atoms with E-state index < -0.39 is 32.8 Å². The molecule has 0 bridgehead atoms. The molecule has 0 fully saturated rings. The third-order valence-electron chi connectivity index (χ3n) is 6.76. The fourth-order valence-electron chi connectivity index (χ4n) is 4.39. The Morgan fingerprint density at radius 1 is 1.00 bits per heavy atom. The third kappa shape index (κ3) is 5.24. The Balaban J connectivity index is 1.77. The number of nitro groups is 1. The molecule has 1 aliphatic rings. The van der Waals surface area contributed by atoms with Crippen molar-refractivity contribution in [3.8, 4) is 5.75 Å². The lowest BCUT2D eigenvalue weighted by atomic mass is 9.87. The van der Waals surface area contributed by atoms with Gasteiger partial charge >= 0.3 is 0 Å². The number of nitrogens with zero attached hydrogens (tertiary/aromatic N) is 2. The Labute approximate surface area is 222 Å². The summed E-state index contributed by atoms with van der Waals surface area (Å²) in [4.78, 5) is 10.4. The smallest absolute Gasteiger partial charge is 0.269 e. The Kier molecular flexibility index (Phi) is 7.02. The normalized spacial score (nSPS) is 18.8. The number of aliphatic hydroxyl groups is 2. The average Bonchev–Trinajstić information content (AvgIpc) is 2.85. The van der Waals surface area contributed by atoms with Crippen molar-refractivity contribution < 1.29 is 28.3 Å². The average molecular weight is 541 g/mol. The second-order valence-corrected chi connectivity index (χ2v) is 12.9. The number of hydrogen-bond donors (Lipinski definition) is 2. The highest BCUT2D eigenvalue weighted by molar-refractivity contribution is 7.92. The molecule has 1 heterocycles. The summed E-state index contributed by atoms with van der Waals surface area (Å²) < 4.78 is 34.7. The number of nitro benzene ring substituents is 1. The number of benzene rings is 3. The van der Waals surface area contributed by atoms with Gasteiger partial charge in [-0.2, -0.15) is 0 Å². The van der Waals surface area contributed by atoms with E-state index in [-0.39, 0.29) is 22.5 Å². The molecule has 9 nitrogen and oxygen atoms in total. The highest BCUT2D eigenvalue weighted by atomic mass is 32.2. The topological polar surface area (TPSA) is 130 Å². The second-order valence-electron chi connectivity index (χ2n) is 11.0. The molecule has 2 atom stereocenters. The molecule has 0 saturated carbocycles. The van der Waals surface area contributed by atoms with Crippen LogP contribution >= 0.6 is 0 Å². The van der Waals surface area contributed by atoms with Gasteiger partial charge in [0, 0.05) is 17.7 Å². The zero-order valence-corrected chi connectivity index (χ0v) is 22.8. The van der Waals surface area contributed by atoms with Crippen LogP contribution in [0.5, 0.6) is 5.75 Å². The third-order valence-corrected chi connectivity index (χ3v) is 8.55. The minimum atomic E-state index is -4.14. The molecule has 0 spiro atoms. The van der Waals surface area contributed by atoms with Gasteiger partial charge in [-0.15, -0.1) is 0 Å². The summed E-state index contributed by atoms with van der Waals surface area (Å²) in [5.41, 5.74) is 1.02. The summed E-state index contributed by atoms with van der Waals surface area (Å²) in [6, 6.07) is 16.9. The predicted molar refractivity (Wildman–Crippen MR) is 144 cm³/mol. The van der Waals surface area contributed by atoms with E-state index in [1.807, 2.05) is 12.1 Å². The fraction of sp³-hybridized carbons (Fsp3) is 0.357. The zero-order valence-electron chi connectivity index (χ0n) is 22.0. The first kappa shape index (κ1) is 27.6. The molecule has 3 aromatic carbocycles. The van der Waals surface area contributed by atoms with Crippen LogP contribution in [0.2, 0.25) is 0 Å². The maximum absolute atomic E-state index is 13.8. The number of sulfonamides is 1. The zero-order chi connectivity index (χ0) is 28.0. The van der Waals surface area contributed by atoms with Crippen LogP contribution in [0.3, 0.4) is 0 Å². The summed E-state index contributed by atoms with van der Waals surface area (Å²) in [7, 11) is -4.14. The van der Waals surface area contributed by atoms with Crippen LogP contribution in [0.4, 0.5) is 11.4 Å². The molecule has 0 radical (unpaired) electrons. The van der Waals surface area contributed by atoms with Crippen molar-refractivity contribution in [2.75, 3.05) is 4.31 Å². The molecule has 38 heavy (non-hydrogen) atoms. The van der Waals surface area contributed by atoms with Gasteiger partial charge < -0.3 is 14.9 Å². The van der Waals surface area contributed by atoms with E-state index in [0.29, 0.717) is 22.6 Å². The molecule has 3 aromatic rings. The molecule has 0 aromatic heterocycles. The number of hydrogen-bond acceptors (Lipinski definition) is 7. The Hall–Kier alpha value is -3.47. The van der Waals surface area contributed by atoms with Gasteiger partial charge in [0.2, 0.25) is 0 Å². The number of rotatable bonds is 6. The minimum Gasteiger partial charge on any atom is -0.485 e. The SMILES string of the molecule is CC(C)(C)c1ccc(N(Cc2ccc3c(c2)[C@H](O)[C@@H](O)C(C)(C)O3)S(=O)(=O)c2ccc([N+](=O)[O-])cc2)cc1. The van der Waals surface area contributed by atoms with E-state index in [0.717, 1.165) is 17.7 Å². The quantitative estimate of drug-likeness (QED) is 0.337. The van der Waals surface area contributed by atoms with Gasteiger partial charge in [-0.3, -0.25) is 14.4 Å². The lowest BCUT2D eigenvalue weighted by Gasteiger charge is -2.40. The predicted octanol–water partition coefficient (Wildman–Crippen LogP) is 4.85. The molecule has 4 rings (SSSR count). The molecule has 10 heteroatoms. The molecule has 2 N–H and O–H groups in total. The summed E-state index contributed by atoms with van der Waals surface area (Å²) >= 11 is 0. The first-order valence-electron chi connectivity index (χ1n) is 12.2. The van der Waals surface area contributed by atoms with Crippen molar-refractivity contribution in [1.29, 1.82) is 0 Å². The fourth-order valence-corrected chi connectivity index (χ4v) is 5.84. The molecule has 202 valence electrons. The molecule has 0 amide bonds. The highest BCUT2D eigenvalue weighted by Gasteiger charge is 2.42. The first-order chi connectivity index (χ1) is 17.6. The number of anilines is 1. The molecule has 0 saturated heterocycles. The van der Waals surface area contributed by atoms with Gasteiger partial charge in [0.15, 0.2) is 0 Å². The Morgan fingerprint density at radius 2 is 1.61 bits per heavy atom. The van der Waals surface area contributed by atoms with Gasteiger partial charge in [-0.1, -0.05) is 39.0 Å². The van der Waals surface area contributed by atoms with Crippen molar-refractivity contribution in [3.63, 3.8) is 0 Å². The van der Waals surface area contributed by atoms with E-state index in [2.05, 4.69) is 20.8 Å². The van der Waals surface area contributed by atoms with Crippen molar-refractivity contribution in [2.24, 2.45) is 0 Å². The largest absolute Gasteiger partial charge is 0.485 e. The van der Waals surface area contributed by atoms with Crippen LogP contribution in [-0.2, 0) is 22.0 Å². The van der Waals surface area contributed by atoms with Crippen molar-refractivity contribution in [3.05, 3.63) is 93.5 Å². The molecular formula is C28H32N2O7S. The van der Waals surface area contributed by atoms with Crippen LogP contribution in [0.25, 0.3) is 0 Å². The Morgan fingerprint density at radius 3 is 2.16 bits per heavy atom. The summed E-state index contributed by atoms with van der Waals surface area (Å²) in [6.07, 6.45) is -2.38. The van der Waals surface area contributed by atoms with Crippen molar-refractivity contribution in [2.45, 2.75) is 69.3 Å².